The van der Waals surface area contributed by atoms with Crippen LogP contribution in [0.5, 0.6) is 11.5 Å². The minimum absolute atomic E-state index is 0.0501. The zero-order valence-corrected chi connectivity index (χ0v) is 22.4. The molecule has 0 aromatic heterocycles. The third-order valence-corrected chi connectivity index (χ3v) is 8.06. The average Bonchev–Trinajstić information content (AvgIpc) is 3.34. The molecule has 1 aliphatic heterocycles. The van der Waals surface area contributed by atoms with Crippen molar-refractivity contribution in [2.75, 3.05) is 23.9 Å². The van der Waals surface area contributed by atoms with Crippen molar-refractivity contribution in [1.82, 2.24) is 10.2 Å². The highest BCUT2D eigenvalue weighted by Gasteiger charge is 2.31. The summed E-state index contributed by atoms with van der Waals surface area (Å²) < 4.78 is 37.3. The van der Waals surface area contributed by atoms with Crippen molar-refractivity contribution in [3.63, 3.8) is 0 Å². The largest absolute Gasteiger partial charge is 0.454 e. The molecule has 0 unspecified atom stereocenters. The van der Waals surface area contributed by atoms with E-state index in [1.54, 1.807) is 25.1 Å². The molecule has 2 aromatic carbocycles. The summed E-state index contributed by atoms with van der Waals surface area (Å²) in [7, 11) is -3.82. The van der Waals surface area contributed by atoms with Gasteiger partial charge in [-0.1, -0.05) is 49.1 Å². The molecular formula is C27H35N3O6S. The Morgan fingerprint density at radius 1 is 1.03 bits per heavy atom. The van der Waals surface area contributed by atoms with E-state index >= 15 is 0 Å². The third-order valence-electron chi connectivity index (χ3n) is 6.92. The Bertz CT molecular complexity index is 1230. The van der Waals surface area contributed by atoms with Crippen molar-refractivity contribution in [3.05, 3.63) is 53.6 Å². The second kappa shape index (κ2) is 11.4. The first-order valence-electron chi connectivity index (χ1n) is 12.6. The summed E-state index contributed by atoms with van der Waals surface area (Å²) >= 11 is 0. The Balaban J connectivity index is 1.58. The summed E-state index contributed by atoms with van der Waals surface area (Å²) in [5.41, 5.74) is 2.22. The van der Waals surface area contributed by atoms with Gasteiger partial charge < -0.3 is 19.7 Å². The molecule has 1 heterocycles. The fraction of sp³-hybridized carbons (Fsp3) is 0.481. The predicted octanol–water partition coefficient (Wildman–Crippen LogP) is 3.36. The van der Waals surface area contributed by atoms with Crippen LogP contribution in [-0.4, -0.2) is 56.8 Å². The van der Waals surface area contributed by atoms with Gasteiger partial charge in [0, 0.05) is 18.7 Å². The van der Waals surface area contributed by atoms with Crippen LogP contribution in [0.3, 0.4) is 0 Å². The Morgan fingerprint density at radius 3 is 2.38 bits per heavy atom. The standard InChI is InChI=1S/C27H35N3O6S/c1-19-9-11-21(12-10-19)16-29(20(2)27(32)28-22-7-5-4-6-8-22)26(31)17-30(37(3,33)34)23-13-14-24-25(15-23)36-18-35-24/h9-15,20,22H,4-8,16-18H2,1-3H3,(H,28,32)/t20-/m1/s1. The number of carbonyl (C=O) groups is 2. The predicted molar refractivity (Wildman–Crippen MR) is 141 cm³/mol. The van der Waals surface area contributed by atoms with Crippen LogP contribution in [0.25, 0.3) is 0 Å². The maximum Gasteiger partial charge on any atom is 0.244 e. The number of hydrogen-bond donors (Lipinski definition) is 1. The van der Waals surface area contributed by atoms with Crippen LogP contribution in [0.1, 0.15) is 50.2 Å². The Hall–Kier alpha value is -3.27. The van der Waals surface area contributed by atoms with E-state index in [9.17, 15) is 18.0 Å². The Morgan fingerprint density at radius 2 is 1.70 bits per heavy atom. The molecule has 200 valence electrons. The number of benzene rings is 2. The summed E-state index contributed by atoms with van der Waals surface area (Å²) in [5, 5.41) is 3.10. The van der Waals surface area contributed by atoms with E-state index in [0.717, 1.165) is 47.4 Å². The van der Waals surface area contributed by atoms with Crippen molar-refractivity contribution in [3.8, 4) is 11.5 Å². The molecule has 37 heavy (non-hydrogen) atoms. The second-order valence-corrected chi connectivity index (χ2v) is 11.7. The Labute approximate surface area is 218 Å². The number of hydrogen-bond acceptors (Lipinski definition) is 6. The van der Waals surface area contributed by atoms with Gasteiger partial charge in [-0.3, -0.25) is 13.9 Å². The van der Waals surface area contributed by atoms with Gasteiger partial charge in [0.05, 0.1) is 11.9 Å². The number of nitrogens with zero attached hydrogens (tertiary/aromatic N) is 2. The second-order valence-electron chi connectivity index (χ2n) is 9.83. The lowest BCUT2D eigenvalue weighted by atomic mass is 9.95. The lowest BCUT2D eigenvalue weighted by molar-refractivity contribution is -0.139. The summed E-state index contributed by atoms with van der Waals surface area (Å²) in [4.78, 5) is 28.4. The molecule has 2 amide bonds. The highest BCUT2D eigenvalue weighted by atomic mass is 32.2. The highest BCUT2D eigenvalue weighted by Crippen LogP contribution is 2.36. The molecule has 2 aliphatic rings. The van der Waals surface area contributed by atoms with Gasteiger partial charge in [-0.2, -0.15) is 0 Å². The number of nitrogens with one attached hydrogen (secondary N) is 1. The van der Waals surface area contributed by atoms with Crippen LogP contribution in [0.15, 0.2) is 42.5 Å². The van der Waals surface area contributed by atoms with Crippen LogP contribution >= 0.6 is 0 Å². The topological polar surface area (TPSA) is 105 Å². The van der Waals surface area contributed by atoms with Gasteiger partial charge in [-0.15, -0.1) is 0 Å². The summed E-state index contributed by atoms with van der Waals surface area (Å²) in [5.74, 6) is 0.212. The fourth-order valence-electron chi connectivity index (χ4n) is 4.70. The number of fused-ring (bicyclic) bond motifs is 1. The van der Waals surface area contributed by atoms with Gasteiger partial charge in [0.15, 0.2) is 11.5 Å². The minimum atomic E-state index is -3.82. The molecule has 1 aliphatic carbocycles. The number of carbonyl (C=O) groups excluding carboxylic acids is 2. The van der Waals surface area contributed by atoms with Crippen LogP contribution in [0, 0.1) is 6.92 Å². The van der Waals surface area contributed by atoms with Crippen molar-refractivity contribution < 1.29 is 27.5 Å². The van der Waals surface area contributed by atoms with E-state index in [4.69, 9.17) is 9.47 Å². The van der Waals surface area contributed by atoms with Crippen molar-refractivity contribution in [1.29, 1.82) is 0 Å². The van der Waals surface area contributed by atoms with Gasteiger partial charge in [0.2, 0.25) is 28.6 Å². The first-order valence-corrected chi connectivity index (χ1v) is 14.5. The van der Waals surface area contributed by atoms with E-state index in [-0.39, 0.29) is 31.0 Å². The summed E-state index contributed by atoms with van der Waals surface area (Å²) in [6.07, 6.45) is 6.22. The van der Waals surface area contributed by atoms with Gasteiger partial charge in [-0.25, -0.2) is 8.42 Å². The number of sulfonamides is 1. The molecular weight excluding hydrogens is 494 g/mol. The quantitative estimate of drug-likeness (QED) is 0.534. The number of amides is 2. The average molecular weight is 530 g/mol. The molecule has 0 bridgehead atoms. The molecule has 10 heteroatoms. The zero-order chi connectivity index (χ0) is 26.6. The first kappa shape index (κ1) is 26.8. The maximum atomic E-state index is 13.7. The van der Waals surface area contributed by atoms with E-state index in [2.05, 4.69) is 5.32 Å². The van der Waals surface area contributed by atoms with Crippen molar-refractivity contribution in [2.24, 2.45) is 0 Å². The summed E-state index contributed by atoms with van der Waals surface area (Å²) in [6, 6.07) is 11.8. The number of ether oxygens (including phenoxy) is 2. The lowest BCUT2D eigenvalue weighted by Crippen LogP contribution is -2.52. The molecule has 1 atom stereocenters. The van der Waals surface area contributed by atoms with Gasteiger partial charge in [-0.05, 0) is 44.4 Å². The minimum Gasteiger partial charge on any atom is -0.454 e. The smallest absolute Gasteiger partial charge is 0.244 e. The van der Waals surface area contributed by atoms with Gasteiger partial charge in [0.1, 0.15) is 12.6 Å². The normalized spacial score (nSPS) is 16.2. The molecule has 0 spiro atoms. The molecule has 1 saturated carbocycles. The number of anilines is 1. The van der Waals surface area contributed by atoms with E-state index in [1.807, 2.05) is 31.2 Å². The van der Waals surface area contributed by atoms with Crippen LogP contribution in [0.2, 0.25) is 0 Å². The zero-order valence-electron chi connectivity index (χ0n) is 21.6. The van der Waals surface area contributed by atoms with Crippen LogP contribution in [0.4, 0.5) is 5.69 Å². The van der Waals surface area contributed by atoms with Crippen molar-refractivity contribution in [2.45, 2.75) is 64.6 Å². The first-order chi connectivity index (χ1) is 17.6. The van der Waals surface area contributed by atoms with E-state index < -0.39 is 28.5 Å². The molecule has 1 fully saturated rings. The van der Waals surface area contributed by atoms with Crippen LogP contribution in [-0.2, 0) is 26.2 Å². The third kappa shape index (κ3) is 6.74. The number of aryl methyl sites for hydroxylation is 1. The SMILES string of the molecule is Cc1ccc(CN(C(=O)CN(c2ccc3c(c2)OCO3)S(C)(=O)=O)[C@H](C)C(=O)NC2CCCCC2)cc1. The highest BCUT2D eigenvalue weighted by molar-refractivity contribution is 7.92. The fourth-order valence-corrected chi connectivity index (χ4v) is 5.54. The molecule has 0 radical (unpaired) electrons. The van der Waals surface area contributed by atoms with Gasteiger partial charge >= 0.3 is 0 Å². The molecule has 4 rings (SSSR count). The lowest BCUT2D eigenvalue weighted by Gasteiger charge is -2.33. The van der Waals surface area contributed by atoms with E-state index in [1.165, 1.54) is 11.3 Å². The molecule has 2 aromatic rings. The monoisotopic (exact) mass is 529 g/mol. The Kier molecular flexibility index (Phi) is 8.26. The molecule has 1 N–H and O–H groups in total. The van der Waals surface area contributed by atoms with Crippen LogP contribution < -0.4 is 19.1 Å². The maximum absolute atomic E-state index is 13.7. The summed E-state index contributed by atoms with van der Waals surface area (Å²) in [6.45, 7) is 3.44. The molecule has 0 saturated heterocycles. The van der Waals surface area contributed by atoms with E-state index in [0.29, 0.717) is 11.5 Å². The number of rotatable bonds is 9. The van der Waals surface area contributed by atoms with Crippen molar-refractivity contribution >= 4 is 27.5 Å². The molecule has 9 nitrogen and oxygen atoms in total. The van der Waals surface area contributed by atoms with Gasteiger partial charge in [0.25, 0.3) is 0 Å².